The number of amides is 1. The van der Waals surface area contributed by atoms with E-state index in [1.807, 2.05) is 19.2 Å². The summed E-state index contributed by atoms with van der Waals surface area (Å²) >= 11 is 0. The lowest BCUT2D eigenvalue weighted by atomic mass is 10.2. The Bertz CT molecular complexity index is 349. The molecule has 2 N–H and O–H groups in total. The van der Waals surface area contributed by atoms with Crippen LogP contribution < -0.4 is 10.6 Å². The summed E-state index contributed by atoms with van der Waals surface area (Å²) in [7, 11) is 1.83. The monoisotopic (exact) mass is 188 g/mol. The number of carbonyl (C=O) groups is 1. The third-order valence-corrected chi connectivity index (χ3v) is 1.79. The van der Waals surface area contributed by atoms with Gasteiger partial charge in [0, 0.05) is 18.3 Å². The number of carbonyl (C=O) groups excluding carboxylic acids is 1. The van der Waals surface area contributed by atoms with Crippen molar-refractivity contribution < 1.29 is 4.79 Å². The SMILES string of the molecule is C#CCNC(=O)c1ccc(NC)cc1. The summed E-state index contributed by atoms with van der Waals surface area (Å²) in [6, 6.07) is 7.17. The molecule has 3 nitrogen and oxygen atoms in total. The lowest BCUT2D eigenvalue weighted by Crippen LogP contribution is -2.23. The summed E-state index contributed by atoms with van der Waals surface area (Å²) in [4.78, 5) is 11.4. The van der Waals surface area contributed by atoms with E-state index >= 15 is 0 Å². The van der Waals surface area contributed by atoms with Crippen LogP contribution in [0, 0.1) is 12.3 Å². The molecule has 0 aliphatic carbocycles. The van der Waals surface area contributed by atoms with Gasteiger partial charge in [-0.15, -0.1) is 6.42 Å². The average molecular weight is 188 g/mol. The van der Waals surface area contributed by atoms with Crippen LogP contribution in [0.2, 0.25) is 0 Å². The van der Waals surface area contributed by atoms with E-state index in [4.69, 9.17) is 6.42 Å². The van der Waals surface area contributed by atoms with E-state index in [0.717, 1.165) is 5.69 Å². The van der Waals surface area contributed by atoms with Crippen LogP contribution in [-0.2, 0) is 0 Å². The summed E-state index contributed by atoms with van der Waals surface area (Å²) < 4.78 is 0. The Labute approximate surface area is 83.5 Å². The first-order valence-electron chi connectivity index (χ1n) is 4.27. The van der Waals surface area contributed by atoms with Gasteiger partial charge in [-0.25, -0.2) is 0 Å². The molecular weight excluding hydrogens is 176 g/mol. The minimum Gasteiger partial charge on any atom is -0.388 e. The van der Waals surface area contributed by atoms with Crippen molar-refractivity contribution in [3.63, 3.8) is 0 Å². The maximum atomic E-state index is 11.4. The smallest absolute Gasteiger partial charge is 0.252 e. The van der Waals surface area contributed by atoms with E-state index in [9.17, 15) is 4.79 Å². The maximum absolute atomic E-state index is 11.4. The second-order valence-electron chi connectivity index (χ2n) is 2.71. The predicted molar refractivity (Wildman–Crippen MR) is 57.2 cm³/mol. The Morgan fingerprint density at radius 2 is 2.07 bits per heavy atom. The quantitative estimate of drug-likeness (QED) is 0.697. The van der Waals surface area contributed by atoms with Gasteiger partial charge in [0.05, 0.1) is 6.54 Å². The second-order valence-corrected chi connectivity index (χ2v) is 2.71. The molecule has 1 aromatic carbocycles. The van der Waals surface area contributed by atoms with E-state index in [-0.39, 0.29) is 12.5 Å². The fraction of sp³-hybridized carbons (Fsp3) is 0.182. The number of benzene rings is 1. The zero-order valence-corrected chi connectivity index (χ0v) is 8.00. The molecule has 0 radical (unpaired) electrons. The van der Waals surface area contributed by atoms with Crippen molar-refractivity contribution in [2.75, 3.05) is 18.9 Å². The van der Waals surface area contributed by atoms with Gasteiger partial charge in [-0.05, 0) is 24.3 Å². The van der Waals surface area contributed by atoms with E-state index in [1.54, 1.807) is 12.1 Å². The van der Waals surface area contributed by atoms with Crippen LogP contribution in [0.15, 0.2) is 24.3 Å². The number of nitrogens with one attached hydrogen (secondary N) is 2. The third kappa shape index (κ3) is 2.53. The van der Waals surface area contributed by atoms with Crippen LogP contribution in [0.25, 0.3) is 0 Å². The number of anilines is 1. The van der Waals surface area contributed by atoms with Gasteiger partial charge < -0.3 is 10.6 Å². The summed E-state index contributed by atoms with van der Waals surface area (Å²) in [5.41, 5.74) is 1.58. The minimum absolute atomic E-state index is 0.148. The van der Waals surface area contributed by atoms with Crippen molar-refractivity contribution in [1.29, 1.82) is 0 Å². The Kier molecular flexibility index (Phi) is 3.57. The summed E-state index contributed by atoms with van der Waals surface area (Å²) in [6.07, 6.45) is 5.03. The molecule has 0 bridgehead atoms. The van der Waals surface area contributed by atoms with Gasteiger partial charge >= 0.3 is 0 Å². The average Bonchev–Trinajstić information content (AvgIpc) is 2.26. The Hall–Kier alpha value is -1.95. The lowest BCUT2D eigenvalue weighted by Gasteiger charge is -2.03. The van der Waals surface area contributed by atoms with E-state index < -0.39 is 0 Å². The fourth-order valence-electron chi connectivity index (χ4n) is 1.02. The zero-order valence-electron chi connectivity index (χ0n) is 8.00. The Morgan fingerprint density at radius 1 is 1.43 bits per heavy atom. The van der Waals surface area contributed by atoms with Crippen molar-refractivity contribution in [1.82, 2.24) is 5.32 Å². The molecule has 0 aliphatic heterocycles. The lowest BCUT2D eigenvalue weighted by molar-refractivity contribution is 0.0959. The highest BCUT2D eigenvalue weighted by molar-refractivity contribution is 5.94. The van der Waals surface area contributed by atoms with Crippen LogP contribution in [0.1, 0.15) is 10.4 Å². The number of rotatable bonds is 3. The van der Waals surface area contributed by atoms with Gasteiger partial charge in [-0.3, -0.25) is 4.79 Å². The first kappa shape index (κ1) is 10.1. The predicted octanol–water partition coefficient (Wildman–Crippen LogP) is 1.09. The first-order chi connectivity index (χ1) is 6.77. The molecule has 1 aromatic rings. The molecule has 3 heteroatoms. The molecule has 0 heterocycles. The van der Waals surface area contributed by atoms with Crippen LogP contribution in [0.5, 0.6) is 0 Å². The van der Waals surface area contributed by atoms with E-state index in [1.165, 1.54) is 0 Å². The van der Waals surface area contributed by atoms with Gasteiger partial charge in [0.1, 0.15) is 0 Å². The van der Waals surface area contributed by atoms with Gasteiger partial charge in [0.15, 0.2) is 0 Å². The number of hydrogen-bond donors (Lipinski definition) is 2. The van der Waals surface area contributed by atoms with Gasteiger partial charge in [0.2, 0.25) is 0 Å². The van der Waals surface area contributed by atoms with Gasteiger partial charge in [0.25, 0.3) is 5.91 Å². The van der Waals surface area contributed by atoms with Crippen molar-refractivity contribution in [3.05, 3.63) is 29.8 Å². The highest BCUT2D eigenvalue weighted by atomic mass is 16.1. The molecular formula is C11H12N2O. The normalized spacial score (nSPS) is 8.86. The van der Waals surface area contributed by atoms with Crippen molar-refractivity contribution in [2.24, 2.45) is 0 Å². The van der Waals surface area contributed by atoms with E-state index in [2.05, 4.69) is 16.6 Å². The Morgan fingerprint density at radius 3 is 2.57 bits per heavy atom. The number of terminal acetylenes is 1. The maximum Gasteiger partial charge on any atom is 0.252 e. The fourth-order valence-corrected chi connectivity index (χ4v) is 1.02. The molecule has 0 atom stereocenters. The van der Waals surface area contributed by atoms with Crippen LogP contribution in [0.3, 0.4) is 0 Å². The number of hydrogen-bond acceptors (Lipinski definition) is 2. The molecule has 0 aliphatic rings. The topological polar surface area (TPSA) is 41.1 Å². The van der Waals surface area contributed by atoms with Crippen molar-refractivity contribution >= 4 is 11.6 Å². The molecule has 1 amide bonds. The minimum atomic E-state index is -0.148. The summed E-state index contributed by atoms with van der Waals surface area (Å²) in [5, 5.41) is 5.56. The van der Waals surface area contributed by atoms with Crippen LogP contribution in [0.4, 0.5) is 5.69 Å². The molecule has 72 valence electrons. The third-order valence-electron chi connectivity index (χ3n) is 1.79. The Balaban J connectivity index is 2.67. The molecule has 0 aromatic heterocycles. The van der Waals surface area contributed by atoms with Gasteiger partial charge in [-0.1, -0.05) is 5.92 Å². The molecule has 1 rings (SSSR count). The molecule has 0 saturated carbocycles. The van der Waals surface area contributed by atoms with E-state index in [0.29, 0.717) is 5.56 Å². The largest absolute Gasteiger partial charge is 0.388 e. The molecule has 0 saturated heterocycles. The second kappa shape index (κ2) is 4.93. The highest BCUT2D eigenvalue weighted by Gasteiger charge is 2.02. The van der Waals surface area contributed by atoms with Crippen molar-refractivity contribution in [2.45, 2.75) is 0 Å². The standard InChI is InChI=1S/C11H12N2O/c1-3-8-13-11(14)9-4-6-10(12-2)7-5-9/h1,4-7,12H,8H2,2H3,(H,13,14). The first-order valence-corrected chi connectivity index (χ1v) is 4.27. The molecule has 14 heavy (non-hydrogen) atoms. The molecule has 0 fully saturated rings. The van der Waals surface area contributed by atoms with Crippen LogP contribution in [-0.4, -0.2) is 19.5 Å². The zero-order chi connectivity index (χ0) is 10.4. The summed E-state index contributed by atoms with van der Waals surface area (Å²) in [6.45, 7) is 0.257. The van der Waals surface area contributed by atoms with Gasteiger partial charge in [-0.2, -0.15) is 0 Å². The van der Waals surface area contributed by atoms with Crippen molar-refractivity contribution in [3.8, 4) is 12.3 Å². The highest BCUT2D eigenvalue weighted by Crippen LogP contribution is 2.07. The van der Waals surface area contributed by atoms with Crippen LogP contribution >= 0.6 is 0 Å². The summed E-state index contributed by atoms with van der Waals surface area (Å²) in [5.74, 6) is 2.20. The molecule has 0 spiro atoms. The molecule has 0 unspecified atom stereocenters.